The third-order valence-electron chi connectivity index (χ3n) is 4.58. The topological polar surface area (TPSA) is 84.9 Å². The first-order valence-electron chi connectivity index (χ1n) is 8.87. The molecule has 1 heterocycles. The number of methoxy groups -OCH3 is 1. The standard InChI is InChI=1S/C19H19Cl3N2O5S/c1-11-7-16(17(28-2)10-13(11)20)23-19(25)12-8-18(15(22)9-14(12)21)30(26,27)24-3-5-29-6-4-24/h7-10H,3-6H2,1-2H3,(H,23,25). The number of nitrogens with zero attached hydrogens (tertiary/aromatic N) is 1. The molecule has 2 aromatic carbocycles. The predicted octanol–water partition coefficient (Wildman–Crippen LogP) is 4.24. The molecule has 2 aromatic rings. The summed E-state index contributed by atoms with van der Waals surface area (Å²) in [5.41, 5.74) is 1.06. The van der Waals surface area contributed by atoms with Gasteiger partial charge < -0.3 is 14.8 Å². The van der Waals surface area contributed by atoms with Gasteiger partial charge >= 0.3 is 0 Å². The zero-order valence-electron chi connectivity index (χ0n) is 16.2. The monoisotopic (exact) mass is 492 g/mol. The van der Waals surface area contributed by atoms with Crippen LogP contribution in [0.15, 0.2) is 29.2 Å². The zero-order valence-corrected chi connectivity index (χ0v) is 19.3. The van der Waals surface area contributed by atoms with Gasteiger partial charge in [-0.25, -0.2) is 8.42 Å². The van der Waals surface area contributed by atoms with Crippen molar-refractivity contribution in [1.29, 1.82) is 0 Å². The van der Waals surface area contributed by atoms with Crippen LogP contribution in [0.2, 0.25) is 15.1 Å². The number of carbonyl (C=O) groups is 1. The molecule has 11 heteroatoms. The molecular formula is C19H19Cl3N2O5S. The lowest BCUT2D eigenvalue weighted by Crippen LogP contribution is -2.40. The molecule has 30 heavy (non-hydrogen) atoms. The van der Waals surface area contributed by atoms with Gasteiger partial charge in [-0.2, -0.15) is 4.31 Å². The summed E-state index contributed by atoms with van der Waals surface area (Å²) in [7, 11) is -2.48. The van der Waals surface area contributed by atoms with Crippen molar-refractivity contribution in [2.75, 3.05) is 38.7 Å². The highest BCUT2D eigenvalue weighted by Gasteiger charge is 2.30. The molecule has 3 rings (SSSR count). The summed E-state index contributed by atoms with van der Waals surface area (Å²) in [6.07, 6.45) is 0. The molecule has 0 radical (unpaired) electrons. The first-order chi connectivity index (χ1) is 14.1. The van der Waals surface area contributed by atoms with Crippen molar-refractivity contribution >= 4 is 56.4 Å². The van der Waals surface area contributed by atoms with Gasteiger partial charge in [-0.3, -0.25) is 4.79 Å². The summed E-state index contributed by atoms with van der Waals surface area (Å²) in [6, 6.07) is 5.65. The van der Waals surface area contributed by atoms with Crippen LogP contribution < -0.4 is 10.1 Å². The molecule has 1 aliphatic heterocycles. The molecule has 1 fully saturated rings. The molecule has 1 saturated heterocycles. The highest BCUT2D eigenvalue weighted by Crippen LogP contribution is 2.34. The second-order valence-corrected chi connectivity index (χ2v) is 9.66. The van der Waals surface area contributed by atoms with Crippen LogP contribution in [-0.2, 0) is 14.8 Å². The summed E-state index contributed by atoms with van der Waals surface area (Å²) in [5, 5.41) is 3.12. The van der Waals surface area contributed by atoms with Crippen molar-refractivity contribution < 1.29 is 22.7 Å². The molecule has 0 spiro atoms. The average molecular weight is 494 g/mol. The van der Waals surface area contributed by atoms with E-state index in [0.29, 0.717) is 16.5 Å². The van der Waals surface area contributed by atoms with Gasteiger partial charge in [0.05, 0.1) is 41.6 Å². The average Bonchev–Trinajstić information content (AvgIpc) is 2.71. The minimum absolute atomic E-state index is 0.0167. The molecule has 0 atom stereocenters. The fraction of sp³-hybridized carbons (Fsp3) is 0.316. The van der Waals surface area contributed by atoms with Crippen molar-refractivity contribution in [3.63, 3.8) is 0 Å². The molecule has 0 saturated carbocycles. The van der Waals surface area contributed by atoms with Crippen molar-refractivity contribution in [1.82, 2.24) is 4.31 Å². The van der Waals surface area contributed by atoms with Crippen LogP contribution in [0.5, 0.6) is 5.75 Å². The molecule has 162 valence electrons. The summed E-state index contributed by atoms with van der Waals surface area (Å²) in [5.74, 6) is -0.264. The van der Waals surface area contributed by atoms with E-state index in [2.05, 4.69) is 5.32 Å². The molecule has 7 nitrogen and oxygen atoms in total. The number of ether oxygens (including phenoxy) is 2. The normalized spacial score (nSPS) is 15.1. The Kier molecular flexibility index (Phi) is 7.16. The van der Waals surface area contributed by atoms with Crippen LogP contribution >= 0.6 is 34.8 Å². The van der Waals surface area contributed by atoms with E-state index < -0.39 is 15.9 Å². The summed E-state index contributed by atoms with van der Waals surface area (Å²) in [6.45, 7) is 2.74. The minimum atomic E-state index is -3.92. The molecule has 0 bridgehead atoms. The number of hydrogen-bond acceptors (Lipinski definition) is 5. The Labute approximate surface area is 189 Å². The molecule has 0 aliphatic carbocycles. The number of anilines is 1. The minimum Gasteiger partial charge on any atom is -0.495 e. The number of morpholine rings is 1. The van der Waals surface area contributed by atoms with Crippen LogP contribution in [0.1, 0.15) is 15.9 Å². The Bertz CT molecular complexity index is 1090. The highest BCUT2D eigenvalue weighted by atomic mass is 35.5. The fourth-order valence-electron chi connectivity index (χ4n) is 2.95. The number of rotatable bonds is 5. The maximum absolute atomic E-state index is 13.0. The molecule has 0 aromatic heterocycles. The van der Waals surface area contributed by atoms with E-state index in [1.165, 1.54) is 23.5 Å². The Hall–Kier alpha value is -1.55. The summed E-state index contributed by atoms with van der Waals surface area (Å²) < 4.78 is 37.7. The van der Waals surface area contributed by atoms with Crippen molar-refractivity contribution in [3.8, 4) is 5.75 Å². The Morgan fingerprint density at radius 1 is 1.07 bits per heavy atom. The van der Waals surface area contributed by atoms with Crippen LogP contribution in [0.3, 0.4) is 0 Å². The van der Waals surface area contributed by atoms with Crippen LogP contribution in [0, 0.1) is 6.92 Å². The SMILES string of the molecule is COc1cc(Cl)c(C)cc1NC(=O)c1cc(S(=O)(=O)N2CCOCC2)c(Cl)cc1Cl. The largest absolute Gasteiger partial charge is 0.495 e. The number of aryl methyl sites for hydroxylation is 1. The Morgan fingerprint density at radius 3 is 2.37 bits per heavy atom. The Balaban J connectivity index is 1.98. The van der Waals surface area contributed by atoms with Gasteiger partial charge in [0, 0.05) is 24.2 Å². The second-order valence-electron chi connectivity index (χ2n) is 6.53. The number of sulfonamides is 1. The van der Waals surface area contributed by atoms with Crippen LogP contribution in [-0.4, -0.2) is 52.0 Å². The third-order valence-corrected chi connectivity index (χ3v) is 7.67. The number of carbonyl (C=O) groups excluding carboxylic acids is 1. The number of benzene rings is 2. The van der Waals surface area contributed by atoms with E-state index in [4.69, 9.17) is 44.3 Å². The molecule has 1 aliphatic rings. The van der Waals surface area contributed by atoms with Gasteiger partial charge in [0.1, 0.15) is 10.6 Å². The summed E-state index contributed by atoms with van der Waals surface area (Å²) >= 11 is 18.5. The van der Waals surface area contributed by atoms with E-state index in [1.807, 2.05) is 0 Å². The predicted molar refractivity (Wildman–Crippen MR) is 117 cm³/mol. The number of nitrogens with one attached hydrogen (secondary N) is 1. The van der Waals surface area contributed by atoms with E-state index in [1.54, 1.807) is 19.1 Å². The lowest BCUT2D eigenvalue weighted by molar-refractivity contribution is 0.0730. The smallest absolute Gasteiger partial charge is 0.257 e. The van der Waals surface area contributed by atoms with Crippen LogP contribution in [0.4, 0.5) is 5.69 Å². The third kappa shape index (κ3) is 4.69. The lowest BCUT2D eigenvalue weighted by atomic mass is 10.1. The molecule has 1 N–H and O–H groups in total. The molecule has 1 amide bonds. The van der Waals surface area contributed by atoms with Crippen molar-refractivity contribution in [2.45, 2.75) is 11.8 Å². The van der Waals surface area contributed by atoms with Gasteiger partial charge in [0.15, 0.2) is 0 Å². The quantitative estimate of drug-likeness (QED) is 0.673. The Morgan fingerprint density at radius 2 is 1.73 bits per heavy atom. The highest BCUT2D eigenvalue weighted by molar-refractivity contribution is 7.89. The maximum Gasteiger partial charge on any atom is 0.257 e. The second kappa shape index (κ2) is 9.30. The van der Waals surface area contributed by atoms with Crippen molar-refractivity contribution in [2.24, 2.45) is 0 Å². The zero-order chi connectivity index (χ0) is 22.1. The van der Waals surface area contributed by atoms with E-state index >= 15 is 0 Å². The summed E-state index contributed by atoms with van der Waals surface area (Å²) in [4.78, 5) is 12.7. The van der Waals surface area contributed by atoms with Gasteiger partial charge in [0.25, 0.3) is 5.91 Å². The van der Waals surface area contributed by atoms with E-state index in [9.17, 15) is 13.2 Å². The number of amides is 1. The molecular weight excluding hydrogens is 475 g/mol. The molecule has 0 unspecified atom stereocenters. The van der Waals surface area contributed by atoms with Gasteiger partial charge in [0.2, 0.25) is 10.0 Å². The fourth-order valence-corrected chi connectivity index (χ4v) is 5.34. The first-order valence-corrected chi connectivity index (χ1v) is 11.4. The van der Waals surface area contributed by atoms with E-state index in [-0.39, 0.29) is 46.8 Å². The van der Waals surface area contributed by atoms with Gasteiger partial charge in [-0.1, -0.05) is 34.8 Å². The van der Waals surface area contributed by atoms with Crippen LogP contribution in [0.25, 0.3) is 0 Å². The van der Waals surface area contributed by atoms with E-state index in [0.717, 1.165) is 5.56 Å². The number of halogens is 3. The van der Waals surface area contributed by atoms with Crippen molar-refractivity contribution in [3.05, 3.63) is 50.5 Å². The van der Waals surface area contributed by atoms with Gasteiger partial charge in [-0.05, 0) is 30.7 Å². The number of hydrogen-bond donors (Lipinski definition) is 1. The first kappa shape index (κ1) is 23.1. The van der Waals surface area contributed by atoms with Gasteiger partial charge in [-0.15, -0.1) is 0 Å². The maximum atomic E-state index is 13.0. The lowest BCUT2D eigenvalue weighted by Gasteiger charge is -2.26.